The molecule has 2 aromatic carbocycles. The van der Waals surface area contributed by atoms with E-state index < -0.39 is 11.6 Å². The van der Waals surface area contributed by atoms with Crippen molar-refractivity contribution in [2.75, 3.05) is 6.61 Å². The fourth-order valence-corrected chi connectivity index (χ4v) is 1.96. The second kappa shape index (κ2) is 5.41. The molecule has 0 aliphatic heterocycles. The molecule has 1 N–H and O–H groups in total. The third kappa shape index (κ3) is 2.85. The molecule has 106 valence electrons. The van der Waals surface area contributed by atoms with Gasteiger partial charge in [-0.15, -0.1) is 0 Å². The number of aromatic hydroxyl groups is 1. The van der Waals surface area contributed by atoms with Crippen LogP contribution < -0.4 is 4.74 Å². The number of phenols is 1. The molecule has 0 aliphatic rings. The zero-order chi connectivity index (χ0) is 14.8. The molecule has 0 heterocycles. The number of esters is 1. The minimum absolute atomic E-state index is 0.123. The van der Waals surface area contributed by atoms with E-state index in [-0.39, 0.29) is 5.75 Å². The van der Waals surface area contributed by atoms with Crippen molar-refractivity contribution in [3.63, 3.8) is 0 Å². The normalized spacial score (nSPS) is 11.3. The van der Waals surface area contributed by atoms with Gasteiger partial charge in [-0.25, -0.2) is 4.79 Å². The summed E-state index contributed by atoms with van der Waals surface area (Å²) < 4.78 is 10.6. The quantitative estimate of drug-likeness (QED) is 0.869. The Kier molecular flexibility index (Phi) is 3.84. The topological polar surface area (TPSA) is 55.8 Å². The number of carbonyl (C=O) groups excluding carboxylic acids is 1. The molecule has 0 aliphatic carbocycles. The Balaban J connectivity index is 2.32. The maximum absolute atomic E-state index is 11.8. The van der Waals surface area contributed by atoms with Crippen molar-refractivity contribution in [3.05, 3.63) is 36.4 Å². The van der Waals surface area contributed by atoms with E-state index in [1.807, 2.05) is 24.3 Å². The fraction of sp³-hybridized carbons (Fsp3) is 0.312. The molecule has 0 bridgehead atoms. The first-order valence-electron chi connectivity index (χ1n) is 6.52. The minimum Gasteiger partial charge on any atom is -0.507 e. The van der Waals surface area contributed by atoms with E-state index in [4.69, 9.17) is 9.47 Å². The molecule has 2 aromatic rings. The molecule has 0 saturated heterocycles. The highest BCUT2D eigenvalue weighted by Gasteiger charge is 2.31. The largest absolute Gasteiger partial charge is 0.507 e. The van der Waals surface area contributed by atoms with Gasteiger partial charge in [0.1, 0.15) is 11.5 Å². The zero-order valence-corrected chi connectivity index (χ0v) is 11.8. The van der Waals surface area contributed by atoms with Crippen LogP contribution in [0.15, 0.2) is 36.4 Å². The predicted molar refractivity (Wildman–Crippen MR) is 77.0 cm³/mol. The lowest BCUT2D eigenvalue weighted by atomic mass is 10.1. The molecule has 0 amide bonds. The van der Waals surface area contributed by atoms with Gasteiger partial charge in [0.05, 0.1) is 6.61 Å². The highest BCUT2D eigenvalue weighted by atomic mass is 16.6. The SMILES string of the molecule is CCOC(=O)C(C)(C)Oc1cc(O)c2ccccc2c1. The minimum atomic E-state index is -1.11. The van der Waals surface area contributed by atoms with Crippen molar-refractivity contribution in [1.82, 2.24) is 0 Å². The van der Waals surface area contributed by atoms with Crippen LogP contribution in [0.1, 0.15) is 20.8 Å². The number of fused-ring (bicyclic) bond motifs is 1. The molecule has 0 unspecified atom stereocenters. The van der Waals surface area contributed by atoms with E-state index in [1.54, 1.807) is 26.8 Å². The van der Waals surface area contributed by atoms with Gasteiger partial charge in [0.2, 0.25) is 0 Å². The number of ether oxygens (including phenoxy) is 2. The van der Waals surface area contributed by atoms with Crippen molar-refractivity contribution in [2.45, 2.75) is 26.4 Å². The van der Waals surface area contributed by atoms with Gasteiger partial charge < -0.3 is 14.6 Å². The first-order valence-corrected chi connectivity index (χ1v) is 6.52. The Labute approximate surface area is 117 Å². The summed E-state index contributed by atoms with van der Waals surface area (Å²) in [6, 6.07) is 10.7. The Morgan fingerprint density at radius 1 is 1.25 bits per heavy atom. The van der Waals surface area contributed by atoms with Gasteiger partial charge in [-0.2, -0.15) is 0 Å². The average Bonchev–Trinajstić information content (AvgIpc) is 2.38. The number of carbonyl (C=O) groups is 1. The number of hydrogen-bond donors (Lipinski definition) is 1. The van der Waals surface area contributed by atoms with E-state index in [0.717, 1.165) is 10.8 Å². The van der Waals surface area contributed by atoms with E-state index in [1.165, 1.54) is 6.07 Å². The Hall–Kier alpha value is -2.23. The lowest BCUT2D eigenvalue weighted by molar-refractivity contribution is -0.158. The molecule has 4 nitrogen and oxygen atoms in total. The summed E-state index contributed by atoms with van der Waals surface area (Å²) in [6.45, 7) is 5.32. The van der Waals surface area contributed by atoms with Crippen molar-refractivity contribution >= 4 is 16.7 Å². The lowest BCUT2D eigenvalue weighted by Gasteiger charge is -2.24. The summed E-state index contributed by atoms with van der Waals surface area (Å²) in [5.74, 6) is 0.115. The van der Waals surface area contributed by atoms with Gasteiger partial charge >= 0.3 is 5.97 Å². The van der Waals surface area contributed by atoms with Crippen LogP contribution in [0.2, 0.25) is 0 Å². The Morgan fingerprint density at radius 3 is 2.65 bits per heavy atom. The molecule has 0 radical (unpaired) electrons. The van der Waals surface area contributed by atoms with Crippen LogP contribution in [-0.2, 0) is 9.53 Å². The van der Waals surface area contributed by atoms with E-state index >= 15 is 0 Å². The number of hydrogen-bond acceptors (Lipinski definition) is 4. The van der Waals surface area contributed by atoms with E-state index in [9.17, 15) is 9.90 Å². The summed E-state index contributed by atoms with van der Waals surface area (Å²) >= 11 is 0. The standard InChI is InChI=1S/C16H18O4/c1-4-19-15(18)16(2,3)20-12-9-11-7-5-6-8-13(11)14(17)10-12/h5-10,17H,4H2,1-3H3. The molecular formula is C16H18O4. The molecule has 4 heteroatoms. The number of phenolic OH excluding ortho intramolecular Hbond substituents is 1. The van der Waals surface area contributed by atoms with Crippen LogP contribution in [0, 0.1) is 0 Å². The molecule has 0 fully saturated rings. The number of benzene rings is 2. The molecular weight excluding hydrogens is 256 g/mol. The summed E-state index contributed by atoms with van der Waals surface area (Å²) in [5.41, 5.74) is -1.11. The van der Waals surface area contributed by atoms with Crippen molar-refractivity contribution in [2.24, 2.45) is 0 Å². The van der Waals surface area contributed by atoms with Gasteiger partial charge in [-0.05, 0) is 32.2 Å². The average molecular weight is 274 g/mol. The zero-order valence-electron chi connectivity index (χ0n) is 11.8. The predicted octanol–water partition coefficient (Wildman–Crippen LogP) is 3.27. The van der Waals surface area contributed by atoms with Crippen molar-refractivity contribution in [3.8, 4) is 11.5 Å². The van der Waals surface area contributed by atoms with Gasteiger partial charge in [-0.3, -0.25) is 0 Å². The van der Waals surface area contributed by atoms with Crippen molar-refractivity contribution < 1.29 is 19.4 Å². The van der Waals surface area contributed by atoms with Crippen molar-refractivity contribution in [1.29, 1.82) is 0 Å². The molecule has 20 heavy (non-hydrogen) atoms. The Bertz CT molecular complexity index is 631. The van der Waals surface area contributed by atoms with Crippen LogP contribution >= 0.6 is 0 Å². The summed E-state index contributed by atoms with van der Waals surface area (Å²) in [7, 11) is 0. The second-order valence-corrected chi connectivity index (χ2v) is 5.00. The highest BCUT2D eigenvalue weighted by Crippen LogP contribution is 2.32. The monoisotopic (exact) mass is 274 g/mol. The smallest absolute Gasteiger partial charge is 0.349 e. The van der Waals surface area contributed by atoms with E-state index in [0.29, 0.717) is 12.4 Å². The van der Waals surface area contributed by atoms with Crippen LogP contribution in [0.3, 0.4) is 0 Å². The molecule has 2 rings (SSSR count). The first-order chi connectivity index (χ1) is 9.44. The van der Waals surface area contributed by atoms with Gasteiger partial charge in [0, 0.05) is 11.5 Å². The summed E-state index contributed by atoms with van der Waals surface area (Å²) in [6.07, 6.45) is 0. The summed E-state index contributed by atoms with van der Waals surface area (Å²) in [4.78, 5) is 11.8. The third-order valence-electron chi connectivity index (χ3n) is 2.95. The van der Waals surface area contributed by atoms with Gasteiger partial charge in [-0.1, -0.05) is 24.3 Å². The maximum Gasteiger partial charge on any atom is 0.349 e. The van der Waals surface area contributed by atoms with Crippen LogP contribution in [-0.4, -0.2) is 23.3 Å². The van der Waals surface area contributed by atoms with Crippen LogP contribution in [0.25, 0.3) is 10.8 Å². The van der Waals surface area contributed by atoms with Gasteiger partial charge in [0.25, 0.3) is 0 Å². The Morgan fingerprint density at radius 2 is 1.95 bits per heavy atom. The third-order valence-corrected chi connectivity index (χ3v) is 2.95. The molecule has 0 atom stereocenters. The lowest BCUT2D eigenvalue weighted by Crippen LogP contribution is -2.39. The molecule has 0 aromatic heterocycles. The van der Waals surface area contributed by atoms with E-state index in [2.05, 4.69) is 0 Å². The highest BCUT2D eigenvalue weighted by molar-refractivity contribution is 5.89. The molecule has 0 saturated carbocycles. The molecule has 0 spiro atoms. The second-order valence-electron chi connectivity index (χ2n) is 5.00. The maximum atomic E-state index is 11.8. The van der Waals surface area contributed by atoms with Crippen LogP contribution in [0.4, 0.5) is 0 Å². The van der Waals surface area contributed by atoms with Crippen LogP contribution in [0.5, 0.6) is 11.5 Å². The first kappa shape index (κ1) is 14.2. The number of rotatable bonds is 4. The van der Waals surface area contributed by atoms with Gasteiger partial charge in [0.15, 0.2) is 5.60 Å². The summed E-state index contributed by atoms with van der Waals surface area (Å²) in [5, 5.41) is 11.6. The fourth-order valence-electron chi connectivity index (χ4n) is 1.96.